The van der Waals surface area contributed by atoms with E-state index in [1.54, 1.807) is 25.0 Å². The monoisotopic (exact) mass is 398 g/mol. The van der Waals surface area contributed by atoms with E-state index in [0.717, 1.165) is 31.6 Å². The molecule has 0 spiro atoms. The van der Waals surface area contributed by atoms with Crippen molar-refractivity contribution in [3.63, 3.8) is 0 Å². The van der Waals surface area contributed by atoms with Gasteiger partial charge in [0.05, 0.1) is 18.7 Å². The van der Waals surface area contributed by atoms with E-state index in [0.29, 0.717) is 30.2 Å². The molecule has 2 atom stereocenters. The molecule has 7 nitrogen and oxygen atoms in total. The average molecular weight is 398 g/mol. The van der Waals surface area contributed by atoms with Crippen LogP contribution in [0.25, 0.3) is 0 Å². The Bertz CT molecular complexity index is 924. The number of hydrogen-bond donors (Lipinski definition) is 0. The van der Waals surface area contributed by atoms with Gasteiger partial charge in [-0.15, -0.1) is 0 Å². The Balaban J connectivity index is 1.36. The average Bonchev–Trinajstić information content (AvgIpc) is 3.36. The van der Waals surface area contributed by atoms with Crippen molar-refractivity contribution < 1.29 is 18.7 Å². The van der Waals surface area contributed by atoms with Gasteiger partial charge in [0.2, 0.25) is 0 Å². The Labute approximate surface area is 169 Å². The number of carbonyl (C=O) groups excluding carboxylic acids is 1. The van der Waals surface area contributed by atoms with Crippen LogP contribution in [0.2, 0.25) is 0 Å². The number of anilines is 1. The zero-order valence-corrected chi connectivity index (χ0v) is 16.8. The lowest BCUT2D eigenvalue weighted by molar-refractivity contribution is 0.0772. The Morgan fingerprint density at radius 1 is 1.07 bits per heavy atom. The number of likely N-dealkylation sites (tertiary alicyclic amines) is 1. The van der Waals surface area contributed by atoms with Crippen molar-refractivity contribution in [1.82, 2.24) is 4.90 Å². The molecule has 7 heteroatoms. The van der Waals surface area contributed by atoms with E-state index in [-0.39, 0.29) is 18.1 Å². The lowest BCUT2D eigenvalue weighted by Crippen LogP contribution is -2.31. The maximum Gasteiger partial charge on any atom is 0.339 e. The number of nitrogens with zero attached hydrogens (tertiary/aromatic N) is 2. The molecule has 0 bridgehead atoms. The van der Waals surface area contributed by atoms with Gasteiger partial charge < -0.3 is 23.7 Å². The predicted octanol–water partition coefficient (Wildman–Crippen LogP) is 2.47. The van der Waals surface area contributed by atoms with Crippen molar-refractivity contribution >= 4 is 11.6 Å². The molecule has 2 fully saturated rings. The molecule has 0 N–H and O–H groups in total. The number of ether oxygens (including phenoxy) is 2. The van der Waals surface area contributed by atoms with Crippen molar-refractivity contribution in [3.8, 4) is 5.75 Å². The molecular formula is C22H26N2O5. The minimum Gasteiger partial charge on any atom is -0.488 e. The van der Waals surface area contributed by atoms with Crippen LogP contribution in [0.15, 0.2) is 45.6 Å². The third-order valence-electron chi connectivity index (χ3n) is 5.56. The Hall–Kier alpha value is -2.80. The molecule has 2 aliphatic rings. The summed E-state index contributed by atoms with van der Waals surface area (Å²) in [7, 11) is 1.75. The molecule has 0 aliphatic carbocycles. The quantitative estimate of drug-likeness (QED) is 0.771. The highest BCUT2D eigenvalue weighted by atomic mass is 16.5. The van der Waals surface area contributed by atoms with Gasteiger partial charge in [0.1, 0.15) is 17.6 Å². The summed E-state index contributed by atoms with van der Waals surface area (Å²) in [6.07, 6.45) is 1.90. The highest BCUT2D eigenvalue weighted by Gasteiger charge is 2.29. The molecule has 1 amide bonds. The van der Waals surface area contributed by atoms with E-state index < -0.39 is 5.63 Å². The molecule has 2 unspecified atom stereocenters. The molecule has 0 radical (unpaired) electrons. The number of hydrogen-bond acceptors (Lipinski definition) is 6. The van der Waals surface area contributed by atoms with Crippen LogP contribution < -0.4 is 15.3 Å². The third kappa shape index (κ3) is 4.45. The minimum atomic E-state index is -0.430. The fourth-order valence-electron chi connectivity index (χ4n) is 4.00. The molecule has 4 rings (SSSR count). The Kier molecular flexibility index (Phi) is 5.58. The maximum atomic E-state index is 12.9. The summed E-state index contributed by atoms with van der Waals surface area (Å²) in [5, 5.41) is 0. The molecule has 2 aromatic rings. The van der Waals surface area contributed by atoms with E-state index in [4.69, 9.17) is 13.9 Å². The second-order valence-corrected chi connectivity index (χ2v) is 7.64. The molecule has 2 aliphatic heterocycles. The van der Waals surface area contributed by atoms with Gasteiger partial charge in [-0.25, -0.2) is 4.79 Å². The van der Waals surface area contributed by atoms with Crippen LogP contribution in [-0.2, 0) is 4.74 Å². The van der Waals surface area contributed by atoms with E-state index in [9.17, 15) is 9.59 Å². The largest absolute Gasteiger partial charge is 0.488 e. The van der Waals surface area contributed by atoms with Crippen LogP contribution >= 0.6 is 0 Å². The number of carbonyl (C=O) groups is 1. The van der Waals surface area contributed by atoms with Gasteiger partial charge in [0.15, 0.2) is 0 Å². The van der Waals surface area contributed by atoms with Gasteiger partial charge in [-0.3, -0.25) is 4.79 Å². The number of methoxy groups -OCH3 is 1. The van der Waals surface area contributed by atoms with E-state index in [2.05, 4.69) is 4.90 Å². The van der Waals surface area contributed by atoms with Crippen LogP contribution in [0.4, 0.5) is 5.69 Å². The number of aryl methyl sites for hydroxylation is 1. The van der Waals surface area contributed by atoms with Gasteiger partial charge in [0, 0.05) is 50.5 Å². The Morgan fingerprint density at radius 3 is 2.52 bits per heavy atom. The topological polar surface area (TPSA) is 72.2 Å². The van der Waals surface area contributed by atoms with E-state index in [1.807, 2.05) is 24.3 Å². The third-order valence-corrected chi connectivity index (χ3v) is 5.56. The standard InChI is InChI=1S/C22H26N2O5/c1-15-11-20(12-21(25)28-15)29-19-8-10-24(14-19)22(26)16-3-5-17(6-4-16)23-9-7-18(13-23)27-2/h3-6,11-12,18-19H,7-10,13-14H2,1-2H3. The van der Waals surface area contributed by atoms with Gasteiger partial charge in [-0.05, 0) is 37.6 Å². The SMILES string of the molecule is COC1CCN(c2ccc(C(=O)N3CCC(Oc4cc(C)oc(=O)c4)C3)cc2)C1. The van der Waals surface area contributed by atoms with Crippen molar-refractivity contribution in [3.05, 3.63) is 58.1 Å². The lowest BCUT2D eigenvalue weighted by atomic mass is 10.1. The zero-order chi connectivity index (χ0) is 20.4. The molecule has 3 heterocycles. The summed E-state index contributed by atoms with van der Waals surface area (Å²) in [6, 6.07) is 10.8. The zero-order valence-electron chi connectivity index (χ0n) is 16.8. The summed E-state index contributed by atoms with van der Waals surface area (Å²) in [5.74, 6) is 0.998. The van der Waals surface area contributed by atoms with Crippen LogP contribution in [0.3, 0.4) is 0 Å². The minimum absolute atomic E-state index is 0.00240. The van der Waals surface area contributed by atoms with E-state index in [1.165, 1.54) is 6.07 Å². The first-order valence-electron chi connectivity index (χ1n) is 9.97. The van der Waals surface area contributed by atoms with E-state index >= 15 is 0 Å². The van der Waals surface area contributed by atoms with Crippen molar-refractivity contribution in [2.75, 3.05) is 38.2 Å². The molecular weight excluding hydrogens is 372 g/mol. The fourth-order valence-corrected chi connectivity index (χ4v) is 4.00. The van der Waals surface area contributed by atoms with Gasteiger partial charge in [-0.1, -0.05) is 0 Å². The molecule has 1 aromatic carbocycles. The smallest absolute Gasteiger partial charge is 0.339 e. The number of amides is 1. The molecule has 154 valence electrons. The maximum absolute atomic E-state index is 12.9. The van der Waals surface area contributed by atoms with Crippen LogP contribution in [-0.4, -0.2) is 56.3 Å². The second kappa shape index (κ2) is 8.29. The van der Waals surface area contributed by atoms with Gasteiger partial charge in [-0.2, -0.15) is 0 Å². The summed E-state index contributed by atoms with van der Waals surface area (Å²) in [4.78, 5) is 28.4. The highest BCUT2D eigenvalue weighted by Crippen LogP contribution is 2.24. The summed E-state index contributed by atoms with van der Waals surface area (Å²) >= 11 is 0. The van der Waals surface area contributed by atoms with Crippen LogP contribution in [0.1, 0.15) is 29.0 Å². The second-order valence-electron chi connectivity index (χ2n) is 7.64. The number of rotatable bonds is 5. The van der Waals surface area contributed by atoms with Crippen LogP contribution in [0.5, 0.6) is 5.75 Å². The molecule has 1 aromatic heterocycles. The lowest BCUT2D eigenvalue weighted by Gasteiger charge is -2.20. The normalized spacial score (nSPS) is 21.6. The summed E-state index contributed by atoms with van der Waals surface area (Å²) < 4.78 is 16.3. The molecule has 0 saturated carbocycles. The fraction of sp³-hybridized carbons (Fsp3) is 0.455. The van der Waals surface area contributed by atoms with Crippen molar-refractivity contribution in [2.45, 2.75) is 32.0 Å². The summed E-state index contributed by atoms with van der Waals surface area (Å²) in [6.45, 7) is 4.69. The molecule has 2 saturated heterocycles. The van der Waals surface area contributed by atoms with Crippen LogP contribution in [0, 0.1) is 6.92 Å². The van der Waals surface area contributed by atoms with Crippen molar-refractivity contribution in [2.24, 2.45) is 0 Å². The highest BCUT2D eigenvalue weighted by molar-refractivity contribution is 5.94. The first-order chi connectivity index (χ1) is 14.0. The predicted molar refractivity (Wildman–Crippen MR) is 109 cm³/mol. The Morgan fingerprint density at radius 2 is 1.83 bits per heavy atom. The first kappa shape index (κ1) is 19.5. The van der Waals surface area contributed by atoms with Gasteiger partial charge >= 0.3 is 5.63 Å². The van der Waals surface area contributed by atoms with Gasteiger partial charge in [0.25, 0.3) is 5.91 Å². The summed E-state index contributed by atoms with van der Waals surface area (Å²) in [5.41, 5.74) is 1.36. The molecule has 29 heavy (non-hydrogen) atoms. The first-order valence-corrected chi connectivity index (χ1v) is 9.97. The number of benzene rings is 1. The van der Waals surface area contributed by atoms with Crippen molar-refractivity contribution in [1.29, 1.82) is 0 Å².